The van der Waals surface area contributed by atoms with Crippen LogP contribution in [-0.4, -0.2) is 27.6 Å². The topological polar surface area (TPSA) is 80.9 Å². The molecular weight excluding hydrogens is 256 g/mol. The number of carbonyl (C=O) groups excluding carboxylic acids is 1. The number of amides is 1. The zero-order valence-electron chi connectivity index (χ0n) is 11.9. The van der Waals surface area contributed by atoms with Gasteiger partial charge in [-0.25, -0.2) is 0 Å². The lowest BCUT2D eigenvalue weighted by Crippen LogP contribution is -2.35. The van der Waals surface area contributed by atoms with Gasteiger partial charge in [0.15, 0.2) is 0 Å². The first kappa shape index (κ1) is 14.2. The van der Waals surface area contributed by atoms with Crippen LogP contribution in [-0.2, 0) is 11.2 Å². The first-order chi connectivity index (χ1) is 9.47. The molecule has 0 saturated carbocycles. The van der Waals surface area contributed by atoms with E-state index in [9.17, 15) is 4.79 Å². The van der Waals surface area contributed by atoms with Crippen LogP contribution in [0.15, 0.2) is 28.8 Å². The molecule has 106 valence electrons. The summed E-state index contributed by atoms with van der Waals surface area (Å²) >= 11 is 0. The molecule has 0 radical (unpaired) electrons. The first-order valence-electron chi connectivity index (χ1n) is 6.49. The number of nitrogens with zero attached hydrogens (tertiary/aromatic N) is 3. The second-order valence-electron chi connectivity index (χ2n) is 5.47. The van der Waals surface area contributed by atoms with E-state index in [4.69, 9.17) is 4.42 Å². The number of rotatable bonds is 4. The summed E-state index contributed by atoms with van der Waals surface area (Å²) in [7, 11) is 0. The Morgan fingerprint density at radius 1 is 1.30 bits per heavy atom. The van der Waals surface area contributed by atoms with Gasteiger partial charge in [0.25, 0.3) is 5.89 Å². The minimum absolute atomic E-state index is 0.00182. The average molecular weight is 274 g/mol. The molecule has 0 aliphatic carbocycles. The van der Waals surface area contributed by atoms with E-state index in [1.807, 2.05) is 32.9 Å². The second kappa shape index (κ2) is 5.81. The highest BCUT2D eigenvalue weighted by atomic mass is 16.4. The van der Waals surface area contributed by atoms with Gasteiger partial charge in [0.05, 0.1) is 0 Å². The fourth-order valence-electron chi connectivity index (χ4n) is 1.50. The van der Waals surface area contributed by atoms with Gasteiger partial charge in [-0.1, -0.05) is 26.8 Å². The van der Waals surface area contributed by atoms with Gasteiger partial charge >= 0.3 is 0 Å². The van der Waals surface area contributed by atoms with E-state index < -0.39 is 5.41 Å². The summed E-state index contributed by atoms with van der Waals surface area (Å²) in [4.78, 5) is 15.8. The number of aromatic nitrogens is 3. The fourth-order valence-corrected chi connectivity index (χ4v) is 1.50. The van der Waals surface area contributed by atoms with Gasteiger partial charge in [-0.3, -0.25) is 9.78 Å². The highest BCUT2D eigenvalue weighted by molar-refractivity contribution is 5.81. The highest BCUT2D eigenvalue weighted by Crippen LogP contribution is 2.15. The fraction of sp³-hybridized carbons (Fsp3) is 0.429. The lowest BCUT2D eigenvalue weighted by atomic mass is 9.96. The van der Waals surface area contributed by atoms with E-state index >= 15 is 0 Å². The largest absolute Gasteiger partial charge is 0.419 e. The third-order valence-electron chi connectivity index (χ3n) is 2.66. The zero-order chi connectivity index (χ0) is 14.6. The molecule has 2 aromatic rings. The summed E-state index contributed by atoms with van der Waals surface area (Å²) in [5.74, 6) is 0.879. The van der Waals surface area contributed by atoms with E-state index in [1.165, 1.54) is 0 Å². The predicted octanol–water partition coefficient (Wildman–Crippen LogP) is 1.84. The van der Waals surface area contributed by atoms with Crippen LogP contribution < -0.4 is 5.32 Å². The molecule has 0 aliphatic heterocycles. The normalized spacial score (nSPS) is 11.3. The lowest BCUT2D eigenvalue weighted by Gasteiger charge is -2.16. The Labute approximate surface area is 117 Å². The Hall–Kier alpha value is -2.24. The third-order valence-corrected chi connectivity index (χ3v) is 2.66. The van der Waals surface area contributed by atoms with Crippen molar-refractivity contribution in [3.8, 4) is 11.6 Å². The third kappa shape index (κ3) is 3.63. The molecule has 0 atom stereocenters. The average Bonchev–Trinajstić information content (AvgIpc) is 2.87. The number of pyridine rings is 1. The maximum atomic E-state index is 11.7. The van der Waals surface area contributed by atoms with Crippen LogP contribution >= 0.6 is 0 Å². The van der Waals surface area contributed by atoms with E-state index in [0.717, 1.165) is 0 Å². The van der Waals surface area contributed by atoms with Gasteiger partial charge in [0, 0.05) is 24.6 Å². The van der Waals surface area contributed by atoms with Crippen LogP contribution in [0, 0.1) is 5.41 Å². The van der Waals surface area contributed by atoms with Gasteiger partial charge < -0.3 is 9.73 Å². The second-order valence-corrected chi connectivity index (χ2v) is 5.47. The molecule has 2 aromatic heterocycles. The van der Waals surface area contributed by atoms with Crippen LogP contribution in [0.1, 0.15) is 26.7 Å². The van der Waals surface area contributed by atoms with E-state index in [0.29, 0.717) is 30.4 Å². The molecule has 0 unspecified atom stereocenters. The summed E-state index contributed by atoms with van der Waals surface area (Å²) in [6.07, 6.45) is 2.17. The summed E-state index contributed by atoms with van der Waals surface area (Å²) in [6, 6.07) is 5.48. The Balaban J connectivity index is 1.90. The lowest BCUT2D eigenvalue weighted by molar-refractivity contribution is -0.128. The van der Waals surface area contributed by atoms with Crippen LogP contribution in [0.2, 0.25) is 0 Å². The summed E-state index contributed by atoms with van der Waals surface area (Å²) < 4.78 is 5.50. The maximum Gasteiger partial charge on any atom is 0.266 e. The van der Waals surface area contributed by atoms with Crippen LogP contribution in [0.25, 0.3) is 11.6 Å². The van der Waals surface area contributed by atoms with Gasteiger partial charge in [-0.2, -0.15) is 0 Å². The molecule has 0 aromatic carbocycles. The molecule has 1 N–H and O–H groups in total. The van der Waals surface area contributed by atoms with Gasteiger partial charge in [-0.05, 0) is 12.1 Å². The quantitative estimate of drug-likeness (QED) is 0.920. The van der Waals surface area contributed by atoms with Gasteiger partial charge in [0.1, 0.15) is 5.69 Å². The monoisotopic (exact) mass is 274 g/mol. The van der Waals surface area contributed by atoms with E-state index in [1.54, 1.807) is 12.3 Å². The smallest absolute Gasteiger partial charge is 0.266 e. The maximum absolute atomic E-state index is 11.7. The summed E-state index contributed by atoms with van der Waals surface area (Å²) in [6.45, 7) is 6.08. The Morgan fingerprint density at radius 2 is 2.10 bits per heavy atom. The SMILES string of the molecule is CC(C)(C)C(=O)NCCc1nnc(-c2ccccn2)o1. The van der Waals surface area contributed by atoms with Crippen molar-refractivity contribution < 1.29 is 9.21 Å². The number of nitrogens with one attached hydrogen (secondary N) is 1. The molecule has 2 rings (SSSR count). The molecule has 0 saturated heterocycles. The van der Waals surface area contributed by atoms with E-state index in [2.05, 4.69) is 20.5 Å². The molecule has 0 fully saturated rings. The van der Waals surface area contributed by atoms with Crippen LogP contribution in [0.5, 0.6) is 0 Å². The molecule has 0 bridgehead atoms. The molecule has 0 spiro atoms. The molecule has 2 heterocycles. The molecule has 6 heteroatoms. The minimum atomic E-state index is -0.395. The van der Waals surface area contributed by atoms with Gasteiger partial charge in [-0.15, -0.1) is 10.2 Å². The van der Waals surface area contributed by atoms with Crippen LogP contribution in [0.4, 0.5) is 0 Å². The predicted molar refractivity (Wildman–Crippen MR) is 73.7 cm³/mol. The number of hydrogen-bond donors (Lipinski definition) is 1. The van der Waals surface area contributed by atoms with Crippen molar-refractivity contribution in [3.63, 3.8) is 0 Å². The molecule has 20 heavy (non-hydrogen) atoms. The zero-order valence-corrected chi connectivity index (χ0v) is 11.9. The Bertz CT molecular complexity index is 572. The minimum Gasteiger partial charge on any atom is -0.419 e. The highest BCUT2D eigenvalue weighted by Gasteiger charge is 2.20. The van der Waals surface area contributed by atoms with Crippen molar-refractivity contribution in [1.82, 2.24) is 20.5 Å². The first-order valence-corrected chi connectivity index (χ1v) is 6.49. The van der Waals surface area contributed by atoms with Crippen molar-refractivity contribution >= 4 is 5.91 Å². The molecule has 1 amide bonds. The van der Waals surface area contributed by atoms with Crippen molar-refractivity contribution in [3.05, 3.63) is 30.3 Å². The molecular formula is C14H18N4O2. The van der Waals surface area contributed by atoms with Crippen molar-refractivity contribution in [1.29, 1.82) is 0 Å². The number of carbonyl (C=O) groups is 1. The standard InChI is InChI=1S/C14H18N4O2/c1-14(2,3)13(19)16-9-7-11-17-18-12(20-11)10-6-4-5-8-15-10/h4-6,8H,7,9H2,1-3H3,(H,16,19). The molecule has 6 nitrogen and oxygen atoms in total. The van der Waals surface area contributed by atoms with Crippen molar-refractivity contribution in [2.45, 2.75) is 27.2 Å². The Morgan fingerprint density at radius 3 is 2.75 bits per heavy atom. The van der Waals surface area contributed by atoms with Crippen LogP contribution in [0.3, 0.4) is 0 Å². The van der Waals surface area contributed by atoms with E-state index in [-0.39, 0.29) is 5.91 Å². The number of hydrogen-bond acceptors (Lipinski definition) is 5. The molecule has 0 aliphatic rings. The summed E-state index contributed by atoms with van der Waals surface area (Å²) in [5, 5.41) is 10.7. The summed E-state index contributed by atoms with van der Waals surface area (Å²) in [5.41, 5.74) is 0.249. The Kier molecular flexibility index (Phi) is 4.12. The van der Waals surface area contributed by atoms with Gasteiger partial charge in [0.2, 0.25) is 11.8 Å². The van der Waals surface area contributed by atoms with Crippen molar-refractivity contribution in [2.24, 2.45) is 5.41 Å². The van der Waals surface area contributed by atoms with Crippen molar-refractivity contribution in [2.75, 3.05) is 6.54 Å².